The molecule has 0 fully saturated rings. The summed E-state index contributed by atoms with van der Waals surface area (Å²) in [6.07, 6.45) is 0.125. The Morgan fingerprint density at radius 1 is 0.841 bits per heavy atom. The molecule has 0 saturated carbocycles. The summed E-state index contributed by atoms with van der Waals surface area (Å²) in [5, 5.41) is 2.88. The van der Waals surface area contributed by atoms with Gasteiger partial charge in [-0.3, -0.25) is 13.9 Å². The standard InChI is InChI=1S/C34H36FN3O5S/c1-25(2)36-34(40)31(22-26-14-6-4-7-15-26)37(23-27-16-10-11-19-29(27)35)33(39)24-38(30-20-12-13-21-32(30)43-3)44(41,42)28-17-8-5-9-18-28/h4-21,25,31H,22-24H2,1-3H3,(H,36,40)/t31-/m1/s1. The molecule has 4 aromatic rings. The van der Waals surface area contributed by atoms with E-state index in [2.05, 4.69) is 5.32 Å². The number of nitrogens with zero attached hydrogens (tertiary/aromatic N) is 2. The smallest absolute Gasteiger partial charge is 0.264 e. The first-order valence-electron chi connectivity index (χ1n) is 14.2. The molecule has 0 aliphatic carbocycles. The van der Waals surface area contributed by atoms with Crippen LogP contribution in [0.1, 0.15) is 25.0 Å². The zero-order valence-corrected chi connectivity index (χ0v) is 25.7. The summed E-state index contributed by atoms with van der Waals surface area (Å²) < 4.78 is 49.6. The van der Waals surface area contributed by atoms with Gasteiger partial charge in [-0.2, -0.15) is 0 Å². The Hall–Kier alpha value is -4.70. The predicted octanol–water partition coefficient (Wildman–Crippen LogP) is 5.19. The quantitative estimate of drug-likeness (QED) is 0.223. The number of methoxy groups -OCH3 is 1. The number of carbonyl (C=O) groups excluding carboxylic acids is 2. The largest absolute Gasteiger partial charge is 0.495 e. The van der Waals surface area contributed by atoms with E-state index in [9.17, 15) is 22.4 Å². The molecule has 0 aliphatic heterocycles. The number of hydrogen-bond donors (Lipinski definition) is 1. The molecule has 0 unspecified atom stereocenters. The number of para-hydroxylation sites is 2. The van der Waals surface area contributed by atoms with Crippen molar-refractivity contribution < 1.29 is 27.1 Å². The normalized spacial score (nSPS) is 11.9. The fraction of sp³-hybridized carbons (Fsp3) is 0.235. The van der Waals surface area contributed by atoms with Crippen LogP contribution in [0.3, 0.4) is 0 Å². The molecule has 1 atom stereocenters. The van der Waals surface area contributed by atoms with Crippen molar-refractivity contribution in [3.8, 4) is 5.75 Å². The summed E-state index contributed by atoms with van der Waals surface area (Å²) in [6.45, 7) is 2.67. The molecule has 0 radical (unpaired) electrons. The van der Waals surface area contributed by atoms with Gasteiger partial charge in [-0.1, -0.05) is 78.9 Å². The zero-order valence-electron chi connectivity index (χ0n) is 24.9. The Morgan fingerprint density at radius 2 is 1.43 bits per heavy atom. The summed E-state index contributed by atoms with van der Waals surface area (Å²) in [7, 11) is -2.88. The zero-order chi connectivity index (χ0) is 31.7. The van der Waals surface area contributed by atoms with Gasteiger partial charge in [-0.05, 0) is 49.7 Å². The van der Waals surface area contributed by atoms with Crippen molar-refractivity contribution in [1.82, 2.24) is 10.2 Å². The third kappa shape index (κ3) is 7.82. The van der Waals surface area contributed by atoms with Crippen LogP contribution < -0.4 is 14.4 Å². The maximum atomic E-state index is 15.0. The molecule has 230 valence electrons. The maximum Gasteiger partial charge on any atom is 0.264 e. The lowest BCUT2D eigenvalue weighted by Gasteiger charge is -2.34. The fourth-order valence-corrected chi connectivity index (χ4v) is 6.26. The number of halogens is 1. The molecule has 44 heavy (non-hydrogen) atoms. The van der Waals surface area contributed by atoms with E-state index in [-0.39, 0.29) is 40.9 Å². The van der Waals surface area contributed by atoms with Crippen LogP contribution in [0.25, 0.3) is 0 Å². The Kier molecular flexibility index (Phi) is 10.7. The third-order valence-corrected chi connectivity index (χ3v) is 8.74. The van der Waals surface area contributed by atoms with E-state index in [4.69, 9.17) is 4.74 Å². The van der Waals surface area contributed by atoms with Crippen LogP contribution >= 0.6 is 0 Å². The van der Waals surface area contributed by atoms with Gasteiger partial charge in [0, 0.05) is 24.6 Å². The predicted molar refractivity (Wildman–Crippen MR) is 168 cm³/mol. The molecule has 0 heterocycles. The van der Waals surface area contributed by atoms with Crippen molar-refractivity contribution in [3.63, 3.8) is 0 Å². The molecule has 0 bridgehead atoms. The lowest BCUT2D eigenvalue weighted by molar-refractivity contribution is -0.140. The van der Waals surface area contributed by atoms with Crippen molar-refractivity contribution in [2.45, 2.75) is 43.8 Å². The first kappa shape index (κ1) is 32.2. The summed E-state index contributed by atoms with van der Waals surface area (Å²) in [5.41, 5.74) is 1.11. The average molecular weight is 618 g/mol. The summed E-state index contributed by atoms with van der Waals surface area (Å²) in [6, 6.07) is 28.0. The minimum absolute atomic E-state index is 0.0299. The molecule has 0 aliphatic rings. The molecule has 0 saturated heterocycles. The summed E-state index contributed by atoms with van der Waals surface area (Å²) in [4.78, 5) is 29.3. The van der Waals surface area contributed by atoms with Crippen LogP contribution in [0.5, 0.6) is 5.75 Å². The molecule has 2 amide bonds. The van der Waals surface area contributed by atoms with Gasteiger partial charge in [0.05, 0.1) is 17.7 Å². The van der Waals surface area contributed by atoms with Crippen molar-refractivity contribution >= 4 is 27.5 Å². The highest BCUT2D eigenvalue weighted by molar-refractivity contribution is 7.92. The highest BCUT2D eigenvalue weighted by Gasteiger charge is 2.36. The SMILES string of the molecule is COc1ccccc1N(CC(=O)N(Cc1ccccc1F)[C@H](Cc1ccccc1)C(=O)NC(C)C)S(=O)(=O)c1ccccc1. The van der Waals surface area contributed by atoms with Crippen LogP contribution in [0.4, 0.5) is 10.1 Å². The van der Waals surface area contributed by atoms with Crippen LogP contribution in [0.15, 0.2) is 114 Å². The molecule has 8 nitrogen and oxygen atoms in total. The van der Waals surface area contributed by atoms with Gasteiger partial charge >= 0.3 is 0 Å². The van der Waals surface area contributed by atoms with Gasteiger partial charge < -0.3 is 15.0 Å². The molecule has 1 N–H and O–H groups in total. The molecular formula is C34H36FN3O5S. The van der Waals surface area contributed by atoms with Crippen LogP contribution in [-0.2, 0) is 32.6 Å². The van der Waals surface area contributed by atoms with Gasteiger partial charge in [0.25, 0.3) is 10.0 Å². The van der Waals surface area contributed by atoms with E-state index in [0.717, 1.165) is 9.87 Å². The van der Waals surface area contributed by atoms with Crippen molar-refractivity contribution in [3.05, 3.63) is 126 Å². The van der Waals surface area contributed by atoms with Gasteiger partial charge in [0.1, 0.15) is 24.2 Å². The molecule has 4 rings (SSSR count). The topological polar surface area (TPSA) is 96.0 Å². The molecular weight excluding hydrogens is 581 g/mol. The highest BCUT2D eigenvalue weighted by atomic mass is 32.2. The Bertz CT molecular complexity index is 1670. The van der Waals surface area contributed by atoms with Gasteiger partial charge in [0.15, 0.2) is 0 Å². The lowest BCUT2D eigenvalue weighted by Crippen LogP contribution is -2.54. The monoisotopic (exact) mass is 617 g/mol. The van der Waals surface area contributed by atoms with Gasteiger partial charge in [-0.25, -0.2) is 12.8 Å². The fourth-order valence-electron chi connectivity index (χ4n) is 4.81. The number of nitrogens with one attached hydrogen (secondary N) is 1. The van der Waals surface area contributed by atoms with Gasteiger partial charge in [-0.15, -0.1) is 0 Å². The lowest BCUT2D eigenvalue weighted by atomic mass is 10.0. The molecule has 4 aromatic carbocycles. The highest BCUT2D eigenvalue weighted by Crippen LogP contribution is 2.32. The van der Waals surface area contributed by atoms with E-state index in [1.54, 1.807) is 62.4 Å². The maximum absolute atomic E-state index is 15.0. The minimum Gasteiger partial charge on any atom is -0.495 e. The number of ether oxygens (including phenoxy) is 1. The van der Waals surface area contributed by atoms with E-state index >= 15 is 0 Å². The number of amides is 2. The second-order valence-electron chi connectivity index (χ2n) is 10.5. The number of benzene rings is 4. The first-order valence-corrected chi connectivity index (χ1v) is 15.6. The van der Waals surface area contributed by atoms with E-state index in [0.29, 0.717) is 0 Å². The Morgan fingerprint density at radius 3 is 2.07 bits per heavy atom. The number of carbonyl (C=O) groups is 2. The summed E-state index contributed by atoms with van der Waals surface area (Å²) >= 11 is 0. The van der Waals surface area contributed by atoms with E-state index in [1.165, 1.54) is 42.3 Å². The summed E-state index contributed by atoms with van der Waals surface area (Å²) in [5.74, 6) is -1.45. The van der Waals surface area contributed by atoms with Crippen LogP contribution in [0, 0.1) is 5.82 Å². The number of sulfonamides is 1. The van der Waals surface area contributed by atoms with E-state index in [1.807, 2.05) is 30.3 Å². The van der Waals surface area contributed by atoms with Crippen molar-refractivity contribution in [1.29, 1.82) is 0 Å². The average Bonchev–Trinajstić information content (AvgIpc) is 3.02. The van der Waals surface area contributed by atoms with Crippen molar-refractivity contribution in [2.24, 2.45) is 0 Å². The first-order chi connectivity index (χ1) is 21.1. The Labute approximate surface area is 258 Å². The number of rotatable bonds is 13. The Balaban J connectivity index is 1.83. The second kappa shape index (κ2) is 14.7. The molecule has 10 heteroatoms. The van der Waals surface area contributed by atoms with Crippen LogP contribution in [-0.4, -0.2) is 50.9 Å². The van der Waals surface area contributed by atoms with E-state index < -0.39 is 40.2 Å². The van der Waals surface area contributed by atoms with Crippen molar-refractivity contribution in [2.75, 3.05) is 18.0 Å². The molecule has 0 spiro atoms. The third-order valence-electron chi connectivity index (χ3n) is 6.96. The molecule has 0 aromatic heterocycles. The minimum atomic E-state index is -4.29. The number of hydrogen-bond acceptors (Lipinski definition) is 5. The van der Waals surface area contributed by atoms with Crippen LogP contribution in [0.2, 0.25) is 0 Å². The van der Waals surface area contributed by atoms with Gasteiger partial charge in [0.2, 0.25) is 11.8 Å². The number of anilines is 1. The second-order valence-corrected chi connectivity index (χ2v) is 12.3.